The zero-order chi connectivity index (χ0) is 15.5. The van der Waals surface area contributed by atoms with Crippen molar-refractivity contribution < 1.29 is 9.18 Å². The highest BCUT2D eigenvalue weighted by molar-refractivity contribution is 8.00. The standard InChI is InChI=1S/C17H17FN2OS/c1-12-10-20(15-4-2-3-5-16(15)22-12)11-17(21)19-14-8-6-13(18)7-9-14/h2-9,12H,10-11H2,1H3,(H,19,21). The van der Waals surface area contributed by atoms with Crippen LogP contribution in [0.25, 0.3) is 0 Å². The molecule has 0 radical (unpaired) electrons. The van der Waals surface area contributed by atoms with Crippen molar-refractivity contribution >= 4 is 29.0 Å². The highest BCUT2D eigenvalue weighted by Crippen LogP contribution is 2.37. The summed E-state index contributed by atoms with van der Waals surface area (Å²) in [7, 11) is 0. The molecule has 2 aromatic carbocycles. The van der Waals surface area contributed by atoms with Crippen molar-refractivity contribution in [3.05, 3.63) is 54.3 Å². The average molecular weight is 316 g/mol. The van der Waals surface area contributed by atoms with Crippen molar-refractivity contribution in [3.8, 4) is 0 Å². The van der Waals surface area contributed by atoms with Crippen LogP contribution in [0.1, 0.15) is 6.92 Å². The number of thioether (sulfide) groups is 1. The number of para-hydroxylation sites is 1. The summed E-state index contributed by atoms with van der Waals surface area (Å²) in [4.78, 5) is 15.5. The van der Waals surface area contributed by atoms with E-state index in [4.69, 9.17) is 0 Å². The van der Waals surface area contributed by atoms with E-state index in [0.29, 0.717) is 17.5 Å². The van der Waals surface area contributed by atoms with E-state index in [-0.39, 0.29) is 11.7 Å². The Labute approximate surface area is 133 Å². The number of carbonyl (C=O) groups is 1. The number of benzene rings is 2. The predicted molar refractivity (Wildman–Crippen MR) is 89.0 cm³/mol. The Hall–Kier alpha value is -2.01. The molecule has 0 saturated heterocycles. The topological polar surface area (TPSA) is 32.3 Å². The van der Waals surface area contributed by atoms with E-state index < -0.39 is 0 Å². The fourth-order valence-corrected chi connectivity index (χ4v) is 3.70. The van der Waals surface area contributed by atoms with E-state index in [9.17, 15) is 9.18 Å². The molecule has 3 nitrogen and oxygen atoms in total. The van der Waals surface area contributed by atoms with Crippen LogP contribution in [0.5, 0.6) is 0 Å². The maximum atomic E-state index is 12.9. The lowest BCUT2D eigenvalue weighted by Crippen LogP contribution is -2.39. The predicted octanol–water partition coefficient (Wildman–Crippen LogP) is 3.77. The van der Waals surface area contributed by atoms with Gasteiger partial charge in [-0.1, -0.05) is 19.1 Å². The first-order chi connectivity index (χ1) is 10.6. The Morgan fingerprint density at radius 2 is 2.00 bits per heavy atom. The molecule has 114 valence electrons. The summed E-state index contributed by atoms with van der Waals surface area (Å²) >= 11 is 1.83. The molecule has 1 atom stereocenters. The number of fused-ring (bicyclic) bond motifs is 1. The summed E-state index contributed by atoms with van der Waals surface area (Å²) in [6.07, 6.45) is 0. The van der Waals surface area contributed by atoms with Crippen molar-refractivity contribution in [1.29, 1.82) is 0 Å². The van der Waals surface area contributed by atoms with Gasteiger partial charge >= 0.3 is 0 Å². The number of carbonyl (C=O) groups excluding carboxylic acids is 1. The Bertz CT molecular complexity index is 675. The second-order valence-electron chi connectivity index (χ2n) is 5.33. The molecule has 1 aliphatic rings. The average Bonchev–Trinajstić information content (AvgIpc) is 2.49. The first-order valence-electron chi connectivity index (χ1n) is 7.18. The van der Waals surface area contributed by atoms with Crippen molar-refractivity contribution in [3.63, 3.8) is 0 Å². The van der Waals surface area contributed by atoms with E-state index in [1.54, 1.807) is 12.1 Å². The Balaban J connectivity index is 1.70. The molecule has 0 aliphatic carbocycles. The Morgan fingerprint density at radius 1 is 1.27 bits per heavy atom. The summed E-state index contributed by atoms with van der Waals surface area (Å²) in [6.45, 7) is 3.28. The van der Waals surface area contributed by atoms with Crippen LogP contribution in [-0.4, -0.2) is 24.2 Å². The van der Waals surface area contributed by atoms with Crippen LogP contribution in [-0.2, 0) is 4.79 Å². The number of rotatable bonds is 3. The largest absolute Gasteiger partial charge is 0.360 e. The van der Waals surface area contributed by atoms with E-state index in [2.05, 4.69) is 23.2 Å². The lowest BCUT2D eigenvalue weighted by Gasteiger charge is -2.33. The quantitative estimate of drug-likeness (QED) is 0.935. The van der Waals surface area contributed by atoms with Crippen molar-refractivity contribution in [2.75, 3.05) is 23.3 Å². The van der Waals surface area contributed by atoms with Gasteiger partial charge in [-0.3, -0.25) is 4.79 Å². The first-order valence-corrected chi connectivity index (χ1v) is 8.06. The number of hydrogen-bond acceptors (Lipinski definition) is 3. The molecule has 1 amide bonds. The molecule has 0 fully saturated rings. The third-order valence-corrected chi connectivity index (χ3v) is 4.62. The summed E-state index contributed by atoms with van der Waals surface area (Å²) in [5, 5.41) is 3.25. The van der Waals surface area contributed by atoms with Gasteiger partial charge < -0.3 is 10.2 Å². The fraction of sp³-hybridized carbons (Fsp3) is 0.235. The van der Waals surface area contributed by atoms with Crippen LogP contribution < -0.4 is 10.2 Å². The van der Waals surface area contributed by atoms with Crippen LogP contribution in [0.15, 0.2) is 53.4 Å². The maximum absolute atomic E-state index is 12.9. The van der Waals surface area contributed by atoms with E-state index >= 15 is 0 Å². The second-order valence-corrected chi connectivity index (χ2v) is 6.81. The molecule has 1 heterocycles. The lowest BCUT2D eigenvalue weighted by atomic mass is 10.2. The van der Waals surface area contributed by atoms with Crippen LogP contribution in [0.2, 0.25) is 0 Å². The van der Waals surface area contributed by atoms with Gasteiger partial charge in [0.05, 0.1) is 12.2 Å². The SMILES string of the molecule is CC1CN(CC(=O)Nc2ccc(F)cc2)c2ccccc2S1. The first kappa shape index (κ1) is 14.9. The smallest absolute Gasteiger partial charge is 0.243 e. The number of anilines is 2. The molecule has 1 N–H and O–H groups in total. The van der Waals surface area contributed by atoms with Crippen LogP contribution in [0, 0.1) is 5.82 Å². The van der Waals surface area contributed by atoms with E-state index in [0.717, 1.165) is 12.2 Å². The minimum atomic E-state index is -0.311. The molecular formula is C17H17FN2OS. The van der Waals surface area contributed by atoms with Crippen LogP contribution in [0.3, 0.4) is 0 Å². The molecule has 0 saturated carbocycles. The highest BCUT2D eigenvalue weighted by atomic mass is 32.2. The van der Waals surface area contributed by atoms with Gasteiger partial charge in [0.25, 0.3) is 0 Å². The monoisotopic (exact) mass is 316 g/mol. The number of nitrogens with one attached hydrogen (secondary N) is 1. The van der Waals surface area contributed by atoms with E-state index in [1.807, 2.05) is 30.0 Å². The molecular weight excluding hydrogens is 299 g/mol. The summed E-state index contributed by atoms with van der Waals surface area (Å²) in [5.74, 6) is -0.408. The number of amides is 1. The van der Waals surface area contributed by atoms with Gasteiger partial charge in [-0.25, -0.2) is 4.39 Å². The van der Waals surface area contributed by atoms with Crippen molar-refractivity contribution in [1.82, 2.24) is 0 Å². The number of halogens is 1. The molecule has 1 unspecified atom stereocenters. The second kappa shape index (κ2) is 6.40. The number of hydrogen-bond donors (Lipinski definition) is 1. The zero-order valence-corrected chi connectivity index (χ0v) is 13.1. The fourth-order valence-electron chi connectivity index (χ4n) is 2.54. The molecule has 3 rings (SSSR count). The molecule has 2 aromatic rings. The molecule has 22 heavy (non-hydrogen) atoms. The highest BCUT2D eigenvalue weighted by Gasteiger charge is 2.23. The Kier molecular flexibility index (Phi) is 4.34. The van der Waals surface area contributed by atoms with Gasteiger partial charge in [-0.2, -0.15) is 0 Å². The van der Waals surface area contributed by atoms with Crippen LogP contribution in [0.4, 0.5) is 15.8 Å². The van der Waals surface area contributed by atoms with Crippen molar-refractivity contribution in [2.24, 2.45) is 0 Å². The normalized spacial score (nSPS) is 17.0. The molecule has 1 aliphatic heterocycles. The minimum Gasteiger partial charge on any atom is -0.360 e. The van der Waals surface area contributed by atoms with Gasteiger partial charge in [0, 0.05) is 22.4 Å². The number of nitrogens with zero attached hydrogens (tertiary/aromatic N) is 1. The third-order valence-electron chi connectivity index (χ3n) is 3.47. The molecule has 5 heteroatoms. The van der Waals surface area contributed by atoms with Gasteiger partial charge in [-0.15, -0.1) is 11.8 Å². The maximum Gasteiger partial charge on any atom is 0.243 e. The zero-order valence-electron chi connectivity index (χ0n) is 12.3. The molecule has 0 aromatic heterocycles. The molecule has 0 bridgehead atoms. The summed E-state index contributed by atoms with van der Waals surface area (Å²) in [6, 6.07) is 13.9. The molecule has 0 spiro atoms. The van der Waals surface area contributed by atoms with Gasteiger partial charge in [0.2, 0.25) is 5.91 Å². The van der Waals surface area contributed by atoms with Gasteiger partial charge in [0.1, 0.15) is 5.82 Å². The third kappa shape index (κ3) is 3.42. The summed E-state index contributed by atoms with van der Waals surface area (Å²) < 4.78 is 12.9. The van der Waals surface area contributed by atoms with Crippen molar-refractivity contribution in [2.45, 2.75) is 17.1 Å². The lowest BCUT2D eigenvalue weighted by molar-refractivity contribution is -0.115. The Morgan fingerprint density at radius 3 is 2.77 bits per heavy atom. The van der Waals surface area contributed by atoms with Gasteiger partial charge in [0.15, 0.2) is 0 Å². The summed E-state index contributed by atoms with van der Waals surface area (Å²) in [5.41, 5.74) is 1.71. The van der Waals surface area contributed by atoms with Crippen LogP contribution >= 0.6 is 11.8 Å². The minimum absolute atomic E-state index is 0.0967. The van der Waals surface area contributed by atoms with Gasteiger partial charge in [-0.05, 0) is 36.4 Å². The van der Waals surface area contributed by atoms with E-state index in [1.165, 1.54) is 17.0 Å².